The molecular weight excluding hydrogens is 294 g/mol. The van der Waals surface area contributed by atoms with Gasteiger partial charge in [-0.3, -0.25) is 4.79 Å². The van der Waals surface area contributed by atoms with Gasteiger partial charge in [0.15, 0.2) is 4.34 Å². The van der Waals surface area contributed by atoms with Gasteiger partial charge in [-0.1, -0.05) is 29.5 Å². The third kappa shape index (κ3) is 4.92. The highest BCUT2D eigenvalue weighted by atomic mass is 32.2. The van der Waals surface area contributed by atoms with E-state index >= 15 is 0 Å². The molecule has 0 radical (unpaired) electrons. The van der Waals surface area contributed by atoms with Crippen molar-refractivity contribution >= 4 is 34.1 Å². The van der Waals surface area contributed by atoms with E-state index in [1.165, 1.54) is 0 Å². The first-order chi connectivity index (χ1) is 9.39. The summed E-state index contributed by atoms with van der Waals surface area (Å²) in [6.45, 7) is 1.84. The van der Waals surface area contributed by atoms with Crippen LogP contribution in [0.2, 0.25) is 0 Å². The van der Waals surface area contributed by atoms with Gasteiger partial charge in [0.05, 0.1) is 5.54 Å². The molecule has 3 N–H and O–H groups in total. The van der Waals surface area contributed by atoms with Gasteiger partial charge in [-0.25, -0.2) is 0 Å². The number of amides is 1. The minimum atomic E-state index is -0.606. The van der Waals surface area contributed by atoms with Gasteiger partial charge in [-0.05, 0) is 26.8 Å². The molecule has 0 saturated carbocycles. The molecule has 8 heteroatoms. The molecule has 0 spiro atoms. The van der Waals surface area contributed by atoms with Gasteiger partial charge in [-0.2, -0.15) is 0 Å². The third-order valence-corrected chi connectivity index (χ3v) is 5.48. The maximum absolute atomic E-state index is 11.3. The molecule has 0 aliphatic heterocycles. The fourth-order valence-electron chi connectivity index (χ4n) is 1.55. The Morgan fingerprint density at radius 2 is 2.15 bits per heavy atom. The summed E-state index contributed by atoms with van der Waals surface area (Å²) in [5, 5.41) is 12.1. The van der Waals surface area contributed by atoms with Crippen molar-refractivity contribution in [2.75, 3.05) is 31.8 Å². The number of unbranched alkanes of at least 4 members (excludes halogenated alkanes) is 1. The number of carbonyl (C=O) groups is 1. The van der Waals surface area contributed by atoms with Crippen molar-refractivity contribution in [3.63, 3.8) is 0 Å². The summed E-state index contributed by atoms with van der Waals surface area (Å²) in [6, 6.07) is 0. The van der Waals surface area contributed by atoms with Crippen LogP contribution < -0.4 is 16.0 Å². The van der Waals surface area contributed by atoms with Gasteiger partial charge in [0.2, 0.25) is 11.0 Å². The molecule has 0 fully saturated rings. The molecular formula is C12H23N5OS2. The largest absolute Gasteiger partial charge is 0.368 e. The van der Waals surface area contributed by atoms with E-state index in [9.17, 15) is 4.79 Å². The average Bonchev–Trinajstić information content (AvgIpc) is 2.86. The second kappa shape index (κ2) is 7.80. The number of anilines is 1. The van der Waals surface area contributed by atoms with E-state index in [4.69, 9.17) is 5.73 Å². The first-order valence-corrected chi connectivity index (χ1v) is 8.31. The molecule has 6 nitrogen and oxygen atoms in total. The van der Waals surface area contributed by atoms with Gasteiger partial charge in [-0.15, -0.1) is 10.2 Å². The van der Waals surface area contributed by atoms with Crippen LogP contribution in [-0.4, -0.2) is 48.5 Å². The summed E-state index contributed by atoms with van der Waals surface area (Å²) >= 11 is 3.30. The Bertz CT molecular complexity index is 437. The molecule has 0 aromatic carbocycles. The van der Waals surface area contributed by atoms with E-state index in [1.54, 1.807) is 30.1 Å². The van der Waals surface area contributed by atoms with E-state index < -0.39 is 5.54 Å². The Morgan fingerprint density at radius 3 is 2.65 bits per heavy atom. The Morgan fingerprint density at radius 1 is 1.45 bits per heavy atom. The second-order valence-corrected chi connectivity index (χ2v) is 7.29. The Kier molecular flexibility index (Phi) is 6.70. The molecule has 1 atom stereocenters. The molecule has 1 amide bonds. The van der Waals surface area contributed by atoms with Crippen LogP contribution in [0.5, 0.6) is 0 Å². The van der Waals surface area contributed by atoms with E-state index in [-0.39, 0.29) is 5.91 Å². The van der Waals surface area contributed by atoms with Crippen LogP contribution in [0.4, 0.5) is 5.13 Å². The maximum Gasteiger partial charge on any atom is 0.237 e. The summed E-state index contributed by atoms with van der Waals surface area (Å²) in [7, 11) is 5.68. The van der Waals surface area contributed by atoms with Crippen LogP contribution in [0.1, 0.15) is 26.2 Å². The number of hydrogen-bond acceptors (Lipinski definition) is 7. The highest BCUT2D eigenvalue weighted by Crippen LogP contribution is 2.27. The van der Waals surface area contributed by atoms with Crippen molar-refractivity contribution in [1.82, 2.24) is 15.5 Å². The molecule has 0 aliphatic rings. The molecule has 0 aliphatic carbocycles. The van der Waals surface area contributed by atoms with Crippen LogP contribution in [0.3, 0.4) is 0 Å². The monoisotopic (exact) mass is 317 g/mol. The van der Waals surface area contributed by atoms with Gasteiger partial charge in [0, 0.05) is 19.8 Å². The van der Waals surface area contributed by atoms with Crippen LogP contribution in [-0.2, 0) is 4.79 Å². The van der Waals surface area contributed by atoms with Crippen LogP contribution >= 0.6 is 23.1 Å². The van der Waals surface area contributed by atoms with Crippen molar-refractivity contribution in [3.05, 3.63) is 0 Å². The predicted octanol–water partition coefficient (Wildman–Crippen LogP) is 1.33. The third-order valence-electron chi connectivity index (χ3n) is 3.17. The highest BCUT2D eigenvalue weighted by Gasteiger charge is 2.27. The lowest BCUT2D eigenvalue weighted by Gasteiger charge is -2.25. The number of nitrogens with one attached hydrogen (secondary N) is 1. The molecule has 114 valence electrons. The summed E-state index contributed by atoms with van der Waals surface area (Å²) in [5.41, 5.74) is 4.78. The molecule has 1 heterocycles. The zero-order chi connectivity index (χ0) is 15.2. The van der Waals surface area contributed by atoms with E-state index in [2.05, 4.69) is 15.5 Å². The second-order valence-electron chi connectivity index (χ2n) is 5.00. The Balaban J connectivity index is 2.26. The van der Waals surface area contributed by atoms with Crippen molar-refractivity contribution in [1.29, 1.82) is 0 Å². The van der Waals surface area contributed by atoms with Gasteiger partial charge >= 0.3 is 0 Å². The Hall–Kier alpha value is -0.860. The lowest BCUT2D eigenvalue weighted by atomic mass is 9.94. The van der Waals surface area contributed by atoms with Crippen molar-refractivity contribution in [2.45, 2.75) is 36.1 Å². The Labute approximate surface area is 128 Å². The number of thioether (sulfide) groups is 1. The lowest BCUT2D eigenvalue weighted by molar-refractivity contribution is -0.123. The SMILES string of the molecule is CNC(C)(CCCCSc1nnc(N(C)C)s1)C(N)=O. The van der Waals surface area contributed by atoms with E-state index in [1.807, 2.05) is 25.9 Å². The molecule has 1 aromatic rings. The van der Waals surface area contributed by atoms with Crippen molar-refractivity contribution < 1.29 is 4.79 Å². The minimum absolute atomic E-state index is 0.299. The van der Waals surface area contributed by atoms with Crippen molar-refractivity contribution in [3.8, 4) is 0 Å². The number of carbonyl (C=O) groups excluding carboxylic acids is 1. The quantitative estimate of drug-likeness (QED) is 0.528. The summed E-state index contributed by atoms with van der Waals surface area (Å²) in [4.78, 5) is 13.3. The van der Waals surface area contributed by atoms with Gasteiger partial charge < -0.3 is 16.0 Å². The van der Waals surface area contributed by atoms with Crippen LogP contribution in [0.25, 0.3) is 0 Å². The lowest BCUT2D eigenvalue weighted by Crippen LogP contribution is -2.51. The summed E-state index contributed by atoms with van der Waals surface area (Å²) < 4.78 is 0.986. The first-order valence-electron chi connectivity index (χ1n) is 6.51. The number of likely N-dealkylation sites (N-methyl/N-ethyl adjacent to an activating group) is 1. The number of hydrogen-bond donors (Lipinski definition) is 2. The van der Waals surface area contributed by atoms with Crippen molar-refractivity contribution in [2.24, 2.45) is 5.73 Å². The predicted molar refractivity (Wildman–Crippen MR) is 85.5 cm³/mol. The zero-order valence-electron chi connectivity index (χ0n) is 12.5. The number of rotatable bonds is 9. The molecule has 1 unspecified atom stereocenters. The summed E-state index contributed by atoms with van der Waals surface area (Å²) in [5.74, 6) is 0.674. The number of aromatic nitrogens is 2. The molecule has 1 rings (SSSR count). The fraction of sp³-hybridized carbons (Fsp3) is 0.750. The molecule has 1 aromatic heterocycles. The van der Waals surface area contributed by atoms with E-state index in [0.29, 0.717) is 0 Å². The minimum Gasteiger partial charge on any atom is -0.368 e. The standard InChI is InChI=1S/C12H23N5OS2/c1-12(14-2,9(13)18)7-5-6-8-19-11-16-15-10(20-11)17(3)4/h14H,5-8H2,1-4H3,(H2,13,18). The van der Waals surface area contributed by atoms with E-state index in [0.717, 1.165) is 34.5 Å². The normalized spacial score (nSPS) is 14.0. The highest BCUT2D eigenvalue weighted by molar-refractivity contribution is 8.01. The molecule has 0 bridgehead atoms. The zero-order valence-corrected chi connectivity index (χ0v) is 14.1. The van der Waals surface area contributed by atoms with Crippen LogP contribution in [0.15, 0.2) is 4.34 Å². The summed E-state index contributed by atoms with van der Waals surface area (Å²) in [6.07, 6.45) is 2.72. The topological polar surface area (TPSA) is 84.1 Å². The number of nitrogens with zero attached hydrogens (tertiary/aromatic N) is 3. The smallest absolute Gasteiger partial charge is 0.237 e. The first kappa shape index (κ1) is 17.2. The maximum atomic E-state index is 11.3. The molecule has 0 saturated heterocycles. The average molecular weight is 317 g/mol. The van der Waals surface area contributed by atoms with Gasteiger partial charge in [0.25, 0.3) is 0 Å². The number of primary amides is 1. The fourth-order valence-corrected chi connectivity index (χ4v) is 3.39. The van der Waals surface area contributed by atoms with Gasteiger partial charge in [0.1, 0.15) is 0 Å². The number of nitrogens with two attached hydrogens (primary N) is 1. The molecule has 20 heavy (non-hydrogen) atoms. The van der Waals surface area contributed by atoms with Crippen LogP contribution in [0, 0.1) is 0 Å².